The van der Waals surface area contributed by atoms with Crippen molar-refractivity contribution in [1.82, 2.24) is 5.32 Å². The first kappa shape index (κ1) is 19.3. The number of benzene rings is 1. The Kier molecular flexibility index (Phi) is 6.79. The van der Waals surface area contributed by atoms with Crippen LogP contribution in [-0.4, -0.2) is 32.1 Å². The van der Waals surface area contributed by atoms with Crippen LogP contribution in [0.5, 0.6) is 0 Å². The Morgan fingerprint density at radius 1 is 1.19 bits per heavy atom. The highest BCUT2D eigenvalue weighted by Crippen LogP contribution is 2.38. The minimum atomic E-state index is -0.233. The second kappa shape index (κ2) is 9.48. The van der Waals surface area contributed by atoms with E-state index in [4.69, 9.17) is 4.74 Å². The van der Waals surface area contributed by atoms with Gasteiger partial charge in [0.05, 0.1) is 12.2 Å². The Labute approximate surface area is 163 Å². The van der Waals surface area contributed by atoms with E-state index in [0.717, 1.165) is 36.8 Å². The number of amides is 2. The van der Waals surface area contributed by atoms with Gasteiger partial charge in [0.1, 0.15) is 5.00 Å². The van der Waals surface area contributed by atoms with E-state index in [9.17, 15) is 9.59 Å². The van der Waals surface area contributed by atoms with Gasteiger partial charge in [-0.15, -0.1) is 11.3 Å². The highest BCUT2D eigenvalue weighted by atomic mass is 32.1. The number of nitrogens with one attached hydrogen (secondary N) is 2. The van der Waals surface area contributed by atoms with Crippen molar-refractivity contribution in [2.24, 2.45) is 0 Å². The number of fused-ring (bicyclic) bond motifs is 1. The number of methoxy groups -OCH3 is 1. The van der Waals surface area contributed by atoms with Crippen molar-refractivity contribution in [3.63, 3.8) is 0 Å². The normalized spacial score (nSPS) is 13.4. The molecule has 1 aromatic heterocycles. The number of anilines is 1. The second-order valence-corrected chi connectivity index (χ2v) is 7.50. The smallest absolute Gasteiger partial charge is 0.254 e. The number of hydrogen-bond donors (Lipinski definition) is 2. The van der Waals surface area contributed by atoms with Crippen LogP contribution in [0.25, 0.3) is 6.08 Å². The van der Waals surface area contributed by atoms with E-state index in [-0.39, 0.29) is 11.8 Å². The second-order valence-electron chi connectivity index (χ2n) is 6.40. The number of hydrogen-bond acceptors (Lipinski definition) is 4. The summed E-state index contributed by atoms with van der Waals surface area (Å²) in [5, 5.41) is 6.43. The zero-order chi connectivity index (χ0) is 19.1. The predicted molar refractivity (Wildman–Crippen MR) is 109 cm³/mol. The molecule has 0 unspecified atom stereocenters. The van der Waals surface area contributed by atoms with Gasteiger partial charge in [0.25, 0.3) is 5.91 Å². The SMILES string of the molecule is COCCNC(=O)c1c(NC(=O)/C=C\c2ccccc2)sc2c1CCCC2. The third kappa shape index (κ3) is 5.05. The first-order valence-electron chi connectivity index (χ1n) is 9.15. The topological polar surface area (TPSA) is 67.4 Å². The van der Waals surface area contributed by atoms with Gasteiger partial charge in [0.2, 0.25) is 5.91 Å². The Hall–Kier alpha value is -2.44. The molecule has 1 heterocycles. The van der Waals surface area contributed by atoms with Gasteiger partial charge in [0, 0.05) is 24.6 Å². The molecule has 6 heteroatoms. The fourth-order valence-electron chi connectivity index (χ4n) is 3.14. The van der Waals surface area contributed by atoms with E-state index >= 15 is 0 Å². The van der Waals surface area contributed by atoms with E-state index in [1.165, 1.54) is 22.3 Å². The minimum Gasteiger partial charge on any atom is -0.383 e. The number of aryl methyl sites for hydroxylation is 1. The summed E-state index contributed by atoms with van der Waals surface area (Å²) in [6, 6.07) is 9.65. The van der Waals surface area contributed by atoms with Gasteiger partial charge in [-0.05, 0) is 42.9 Å². The zero-order valence-electron chi connectivity index (χ0n) is 15.4. The molecule has 0 saturated heterocycles. The lowest BCUT2D eigenvalue weighted by Crippen LogP contribution is -2.28. The van der Waals surface area contributed by atoms with E-state index < -0.39 is 0 Å². The van der Waals surface area contributed by atoms with Gasteiger partial charge in [-0.2, -0.15) is 0 Å². The van der Waals surface area contributed by atoms with Gasteiger partial charge in [-0.1, -0.05) is 30.3 Å². The quantitative estimate of drug-likeness (QED) is 0.566. The van der Waals surface area contributed by atoms with Crippen LogP contribution in [0.3, 0.4) is 0 Å². The van der Waals surface area contributed by atoms with Crippen LogP contribution in [-0.2, 0) is 22.4 Å². The van der Waals surface area contributed by atoms with Crippen molar-refractivity contribution in [3.05, 3.63) is 58.0 Å². The van der Waals surface area contributed by atoms with Crippen LogP contribution < -0.4 is 10.6 Å². The molecule has 2 aromatic rings. The van der Waals surface area contributed by atoms with Crippen LogP contribution in [0.1, 0.15) is 39.2 Å². The molecular formula is C21H24N2O3S. The highest BCUT2D eigenvalue weighted by Gasteiger charge is 2.25. The van der Waals surface area contributed by atoms with Gasteiger partial charge in [-0.3, -0.25) is 9.59 Å². The van der Waals surface area contributed by atoms with Crippen molar-refractivity contribution in [3.8, 4) is 0 Å². The molecule has 0 radical (unpaired) electrons. The molecule has 0 aliphatic heterocycles. The highest BCUT2D eigenvalue weighted by molar-refractivity contribution is 7.17. The molecule has 142 valence electrons. The number of ether oxygens (including phenoxy) is 1. The molecular weight excluding hydrogens is 360 g/mol. The first-order chi connectivity index (χ1) is 13.2. The number of thiophene rings is 1. The molecule has 27 heavy (non-hydrogen) atoms. The fourth-order valence-corrected chi connectivity index (χ4v) is 4.43. The lowest BCUT2D eigenvalue weighted by molar-refractivity contribution is -0.111. The van der Waals surface area contributed by atoms with E-state index in [0.29, 0.717) is 23.7 Å². The lowest BCUT2D eigenvalue weighted by Gasteiger charge is -2.13. The Bertz CT molecular complexity index is 827. The van der Waals surface area contributed by atoms with Crippen LogP contribution in [0.2, 0.25) is 0 Å². The standard InChI is InChI=1S/C21H24N2O3S/c1-26-14-13-22-20(25)19-16-9-5-6-10-17(16)27-21(19)23-18(24)12-11-15-7-3-2-4-8-15/h2-4,7-8,11-12H,5-6,9-10,13-14H2,1H3,(H,22,25)(H,23,24)/b12-11-. The van der Waals surface area contributed by atoms with E-state index in [2.05, 4.69) is 10.6 Å². The predicted octanol–water partition coefficient (Wildman–Crippen LogP) is 3.66. The summed E-state index contributed by atoms with van der Waals surface area (Å²) in [4.78, 5) is 26.3. The summed E-state index contributed by atoms with van der Waals surface area (Å²) in [5.74, 6) is -0.378. The monoisotopic (exact) mass is 384 g/mol. The molecule has 0 atom stereocenters. The summed E-state index contributed by atoms with van der Waals surface area (Å²) in [6.07, 6.45) is 7.31. The Morgan fingerprint density at radius 2 is 1.96 bits per heavy atom. The third-order valence-electron chi connectivity index (χ3n) is 4.45. The molecule has 0 bridgehead atoms. The van der Waals surface area contributed by atoms with Gasteiger partial charge < -0.3 is 15.4 Å². The average molecular weight is 385 g/mol. The summed E-state index contributed by atoms with van der Waals surface area (Å²) < 4.78 is 5.00. The van der Waals surface area contributed by atoms with Crippen LogP contribution in [0.4, 0.5) is 5.00 Å². The van der Waals surface area contributed by atoms with Crippen molar-refractivity contribution in [1.29, 1.82) is 0 Å². The molecule has 0 saturated carbocycles. The van der Waals surface area contributed by atoms with Crippen molar-refractivity contribution >= 4 is 34.2 Å². The zero-order valence-corrected chi connectivity index (χ0v) is 16.2. The third-order valence-corrected chi connectivity index (χ3v) is 5.66. The van der Waals surface area contributed by atoms with Crippen molar-refractivity contribution in [2.45, 2.75) is 25.7 Å². The van der Waals surface area contributed by atoms with Gasteiger partial charge in [-0.25, -0.2) is 0 Å². The summed E-state index contributed by atoms with van der Waals surface area (Å²) in [5.41, 5.74) is 2.66. The average Bonchev–Trinajstić information content (AvgIpc) is 3.05. The minimum absolute atomic E-state index is 0.145. The van der Waals surface area contributed by atoms with Crippen molar-refractivity contribution < 1.29 is 14.3 Å². The van der Waals surface area contributed by atoms with Crippen LogP contribution >= 0.6 is 11.3 Å². The number of rotatable bonds is 7. The molecule has 1 aliphatic rings. The Balaban J connectivity index is 1.77. The molecule has 0 spiro atoms. The number of carbonyl (C=O) groups is 2. The van der Waals surface area contributed by atoms with Crippen molar-refractivity contribution in [2.75, 3.05) is 25.6 Å². The molecule has 1 aliphatic carbocycles. The van der Waals surface area contributed by atoms with Crippen LogP contribution in [0, 0.1) is 0 Å². The molecule has 2 N–H and O–H groups in total. The fraction of sp³-hybridized carbons (Fsp3) is 0.333. The Morgan fingerprint density at radius 3 is 2.74 bits per heavy atom. The summed E-state index contributed by atoms with van der Waals surface area (Å²) in [6.45, 7) is 0.904. The lowest BCUT2D eigenvalue weighted by atomic mass is 9.95. The number of carbonyl (C=O) groups excluding carboxylic acids is 2. The van der Waals surface area contributed by atoms with E-state index in [1.807, 2.05) is 30.3 Å². The van der Waals surface area contributed by atoms with Crippen LogP contribution in [0.15, 0.2) is 36.4 Å². The maximum absolute atomic E-state index is 12.7. The van der Waals surface area contributed by atoms with Gasteiger partial charge >= 0.3 is 0 Å². The van der Waals surface area contributed by atoms with E-state index in [1.54, 1.807) is 13.2 Å². The molecule has 3 rings (SSSR count). The largest absolute Gasteiger partial charge is 0.383 e. The molecule has 5 nitrogen and oxygen atoms in total. The van der Waals surface area contributed by atoms with Gasteiger partial charge in [0.15, 0.2) is 0 Å². The molecule has 2 amide bonds. The molecule has 0 fully saturated rings. The molecule has 1 aromatic carbocycles. The maximum Gasteiger partial charge on any atom is 0.254 e. The maximum atomic E-state index is 12.7. The first-order valence-corrected chi connectivity index (χ1v) is 9.96. The summed E-state index contributed by atoms with van der Waals surface area (Å²) in [7, 11) is 1.60. The summed E-state index contributed by atoms with van der Waals surface area (Å²) >= 11 is 1.52.